The molecule has 2 aromatic rings. The van der Waals surface area contributed by atoms with Crippen LogP contribution in [-0.2, 0) is 20.8 Å². The van der Waals surface area contributed by atoms with Gasteiger partial charge in [-0.15, -0.1) is 0 Å². The van der Waals surface area contributed by atoms with Gasteiger partial charge in [0.25, 0.3) is 0 Å². The first kappa shape index (κ1) is 19.7. The van der Waals surface area contributed by atoms with Gasteiger partial charge in [0, 0.05) is 6.42 Å². The molecule has 1 aliphatic heterocycles. The third kappa shape index (κ3) is 2.95. The van der Waals surface area contributed by atoms with Crippen molar-refractivity contribution in [2.75, 3.05) is 5.32 Å². The first-order chi connectivity index (χ1) is 15.5. The van der Waals surface area contributed by atoms with Gasteiger partial charge in [0.15, 0.2) is 0 Å². The van der Waals surface area contributed by atoms with Crippen molar-refractivity contribution < 1.29 is 14.4 Å². The summed E-state index contributed by atoms with van der Waals surface area (Å²) in [6.07, 6.45) is 5.66. The average Bonchev–Trinajstić information content (AvgIpc) is 3.58. The number of imide groups is 1. The van der Waals surface area contributed by atoms with E-state index in [9.17, 15) is 14.4 Å². The molecule has 2 aromatic carbocycles. The SMILES string of the molecule is O=C(Nc1ccccc1Cl)C(Cc1ccccc1)N1C(=O)C2C3C=CC(C4CC34)C2C1=O. The van der Waals surface area contributed by atoms with Gasteiger partial charge in [-0.05, 0) is 47.8 Å². The number of amides is 3. The monoisotopic (exact) mass is 446 g/mol. The van der Waals surface area contributed by atoms with Crippen molar-refractivity contribution in [2.45, 2.75) is 18.9 Å². The van der Waals surface area contributed by atoms with Crippen molar-refractivity contribution in [3.63, 3.8) is 0 Å². The molecule has 0 spiro atoms. The highest BCUT2D eigenvalue weighted by Gasteiger charge is 2.67. The number of likely N-dealkylation sites (tertiary alicyclic amines) is 1. The molecule has 162 valence electrons. The third-order valence-corrected chi connectivity index (χ3v) is 8.04. The number of para-hydroxylation sites is 1. The van der Waals surface area contributed by atoms with Gasteiger partial charge in [-0.3, -0.25) is 19.3 Å². The normalized spacial score (nSPS) is 32.5. The minimum absolute atomic E-state index is 0.125. The van der Waals surface area contributed by atoms with Crippen LogP contribution < -0.4 is 5.32 Å². The highest BCUT2D eigenvalue weighted by molar-refractivity contribution is 6.33. The van der Waals surface area contributed by atoms with Crippen LogP contribution in [0.15, 0.2) is 66.7 Å². The Labute approximate surface area is 191 Å². The van der Waals surface area contributed by atoms with Gasteiger partial charge in [0.05, 0.1) is 22.5 Å². The van der Waals surface area contributed by atoms with Crippen molar-refractivity contribution in [1.82, 2.24) is 4.90 Å². The standard InChI is InChI=1S/C26H23ClN2O3/c27-19-8-4-5-9-20(19)28-24(30)21(12-14-6-2-1-3-7-14)29-25(31)22-15-10-11-16(18-13-17(15)18)23(22)26(29)32/h1-11,15-18,21-23H,12-13H2,(H,28,30). The number of nitrogens with zero attached hydrogens (tertiary/aromatic N) is 1. The Balaban J connectivity index is 1.34. The summed E-state index contributed by atoms with van der Waals surface area (Å²) in [5.74, 6) is -0.145. The summed E-state index contributed by atoms with van der Waals surface area (Å²) in [5, 5.41) is 3.26. The molecule has 0 aromatic heterocycles. The Bertz CT molecular complexity index is 1110. The zero-order valence-corrected chi connectivity index (χ0v) is 18.1. The number of rotatable bonds is 5. The maximum Gasteiger partial charge on any atom is 0.248 e. The molecular weight excluding hydrogens is 424 g/mol. The second-order valence-electron chi connectivity index (χ2n) is 9.38. The lowest BCUT2D eigenvalue weighted by Gasteiger charge is -2.37. The van der Waals surface area contributed by atoms with Crippen LogP contribution in [0.4, 0.5) is 5.69 Å². The number of carbonyl (C=O) groups is 3. The molecule has 4 aliphatic carbocycles. The largest absolute Gasteiger partial charge is 0.323 e. The maximum absolute atomic E-state index is 13.6. The van der Waals surface area contributed by atoms with E-state index in [1.807, 2.05) is 30.3 Å². The highest BCUT2D eigenvalue weighted by atomic mass is 35.5. The lowest BCUT2D eigenvalue weighted by Crippen LogP contribution is -2.49. The smallest absolute Gasteiger partial charge is 0.248 e. The van der Waals surface area contributed by atoms with Crippen LogP contribution in [0, 0.1) is 35.5 Å². The van der Waals surface area contributed by atoms with Crippen LogP contribution in [0.2, 0.25) is 5.02 Å². The number of nitrogens with one attached hydrogen (secondary N) is 1. The van der Waals surface area contributed by atoms with E-state index >= 15 is 0 Å². The van der Waals surface area contributed by atoms with Gasteiger partial charge in [-0.2, -0.15) is 0 Å². The summed E-state index contributed by atoms with van der Waals surface area (Å²) >= 11 is 6.25. The second kappa shape index (κ2) is 7.31. The van der Waals surface area contributed by atoms with Gasteiger partial charge in [0.2, 0.25) is 17.7 Å². The van der Waals surface area contributed by atoms with Gasteiger partial charge in [0.1, 0.15) is 6.04 Å². The van der Waals surface area contributed by atoms with E-state index in [1.54, 1.807) is 24.3 Å². The number of halogens is 1. The lowest BCUT2D eigenvalue weighted by molar-refractivity contribution is -0.146. The summed E-state index contributed by atoms with van der Waals surface area (Å²) in [4.78, 5) is 42.0. The molecule has 32 heavy (non-hydrogen) atoms. The summed E-state index contributed by atoms with van der Waals surface area (Å²) < 4.78 is 0. The lowest BCUT2D eigenvalue weighted by atomic mass is 9.63. The number of carbonyl (C=O) groups excluding carboxylic acids is 3. The summed E-state index contributed by atoms with van der Waals surface area (Å²) in [6, 6.07) is 15.6. The number of hydrogen-bond acceptors (Lipinski definition) is 3. The Morgan fingerprint density at radius 2 is 1.53 bits per heavy atom. The number of hydrogen-bond donors (Lipinski definition) is 1. The minimum atomic E-state index is -0.921. The van der Waals surface area contributed by atoms with E-state index in [2.05, 4.69) is 17.5 Å². The predicted octanol–water partition coefficient (Wildman–Crippen LogP) is 3.94. The molecular formula is C26H23ClN2O3. The predicted molar refractivity (Wildman–Crippen MR) is 121 cm³/mol. The van der Waals surface area contributed by atoms with Crippen LogP contribution in [0.5, 0.6) is 0 Å². The Hall–Kier alpha value is -2.92. The molecule has 7 rings (SSSR count). The second-order valence-corrected chi connectivity index (χ2v) is 9.78. The fourth-order valence-corrected chi connectivity index (χ4v) is 6.39. The van der Waals surface area contributed by atoms with E-state index in [0.29, 0.717) is 22.5 Å². The van der Waals surface area contributed by atoms with Crippen molar-refractivity contribution in [3.8, 4) is 0 Å². The number of anilines is 1. The van der Waals surface area contributed by atoms with Crippen LogP contribution >= 0.6 is 11.6 Å². The molecule has 1 heterocycles. The summed E-state index contributed by atoms with van der Waals surface area (Å²) in [5.41, 5.74) is 1.36. The number of allylic oxidation sites excluding steroid dienone is 2. The van der Waals surface area contributed by atoms with Crippen molar-refractivity contribution in [2.24, 2.45) is 35.5 Å². The first-order valence-corrected chi connectivity index (χ1v) is 11.6. The average molecular weight is 447 g/mol. The molecule has 2 bridgehead atoms. The summed E-state index contributed by atoms with van der Waals surface area (Å²) in [6.45, 7) is 0. The quantitative estimate of drug-likeness (QED) is 0.558. The van der Waals surface area contributed by atoms with Crippen LogP contribution in [0.25, 0.3) is 0 Å². The molecule has 7 unspecified atom stereocenters. The summed E-state index contributed by atoms with van der Waals surface area (Å²) in [7, 11) is 0. The maximum atomic E-state index is 13.6. The van der Waals surface area contributed by atoms with E-state index in [4.69, 9.17) is 11.6 Å². The van der Waals surface area contributed by atoms with Gasteiger partial charge < -0.3 is 5.32 Å². The third-order valence-electron chi connectivity index (χ3n) is 7.71. The Kier molecular flexibility index (Phi) is 4.51. The van der Waals surface area contributed by atoms with Gasteiger partial charge in [-0.1, -0.05) is 66.2 Å². The van der Waals surface area contributed by atoms with E-state index in [-0.39, 0.29) is 41.9 Å². The van der Waals surface area contributed by atoms with Gasteiger partial charge >= 0.3 is 0 Å². The molecule has 0 radical (unpaired) electrons. The number of benzene rings is 2. The van der Waals surface area contributed by atoms with E-state index in [1.165, 1.54) is 4.90 Å². The van der Waals surface area contributed by atoms with Crippen molar-refractivity contribution >= 4 is 35.0 Å². The molecule has 3 fully saturated rings. The molecule has 2 saturated carbocycles. The van der Waals surface area contributed by atoms with E-state index in [0.717, 1.165) is 12.0 Å². The van der Waals surface area contributed by atoms with Crippen LogP contribution in [0.3, 0.4) is 0 Å². The fourth-order valence-electron chi connectivity index (χ4n) is 6.20. The van der Waals surface area contributed by atoms with Crippen LogP contribution in [-0.4, -0.2) is 28.7 Å². The van der Waals surface area contributed by atoms with Crippen molar-refractivity contribution in [3.05, 3.63) is 77.3 Å². The molecule has 7 atom stereocenters. The van der Waals surface area contributed by atoms with E-state index < -0.39 is 11.9 Å². The van der Waals surface area contributed by atoms with Crippen LogP contribution in [0.1, 0.15) is 12.0 Å². The van der Waals surface area contributed by atoms with Crippen molar-refractivity contribution in [1.29, 1.82) is 0 Å². The Morgan fingerprint density at radius 1 is 0.938 bits per heavy atom. The molecule has 6 heteroatoms. The molecule has 5 aliphatic rings. The molecule has 5 nitrogen and oxygen atoms in total. The van der Waals surface area contributed by atoms with Gasteiger partial charge in [-0.25, -0.2) is 0 Å². The molecule has 1 saturated heterocycles. The fraction of sp³-hybridized carbons (Fsp3) is 0.346. The first-order valence-electron chi connectivity index (χ1n) is 11.2. The zero-order chi connectivity index (χ0) is 22.0. The highest BCUT2D eigenvalue weighted by Crippen LogP contribution is 2.65. The topological polar surface area (TPSA) is 66.5 Å². The minimum Gasteiger partial charge on any atom is -0.323 e. The Morgan fingerprint density at radius 3 is 2.16 bits per heavy atom. The zero-order valence-electron chi connectivity index (χ0n) is 17.4. The molecule has 1 N–H and O–H groups in total. The molecule has 3 amide bonds.